The van der Waals surface area contributed by atoms with Crippen LogP contribution in [-0.4, -0.2) is 71.2 Å². The van der Waals surface area contributed by atoms with Crippen molar-refractivity contribution in [1.82, 2.24) is 25.0 Å². The first kappa shape index (κ1) is 28.2. The molecular formula is C29H41N5O3S. The smallest absolute Gasteiger partial charge is 0.252 e. The minimum atomic E-state index is -3.11. The lowest BCUT2D eigenvalue weighted by Gasteiger charge is -2.20. The SMILES string of the molecule is CCc1ccc(-c2cc(C(=O)NC(C)CCCN(CC)CC)c3c(C)nn(C4CCS(=O)(=O)C4)c3n2)cc1. The lowest BCUT2D eigenvalue weighted by atomic mass is 10.0. The Morgan fingerprint density at radius 2 is 1.89 bits per heavy atom. The average molecular weight is 540 g/mol. The Labute approximate surface area is 226 Å². The van der Waals surface area contributed by atoms with Crippen LogP contribution in [0.1, 0.15) is 74.6 Å². The van der Waals surface area contributed by atoms with Gasteiger partial charge in [-0.2, -0.15) is 5.10 Å². The molecule has 0 radical (unpaired) electrons. The Hall–Kier alpha value is -2.78. The summed E-state index contributed by atoms with van der Waals surface area (Å²) in [6.45, 7) is 13.4. The normalized spacial score (nSPS) is 17.8. The first-order valence-electron chi connectivity index (χ1n) is 13.9. The van der Waals surface area contributed by atoms with Gasteiger partial charge in [-0.15, -0.1) is 0 Å². The fourth-order valence-corrected chi connectivity index (χ4v) is 7.00. The van der Waals surface area contributed by atoms with E-state index in [-0.39, 0.29) is 29.5 Å². The van der Waals surface area contributed by atoms with Crippen molar-refractivity contribution in [3.8, 4) is 11.3 Å². The van der Waals surface area contributed by atoms with Crippen LogP contribution < -0.4 is 5.32 Å². The lowest BCUT2D eigenvalue weighted by Crippen LogP contribution is -2.34. The number of nitrogens with zero attached hydrogens (tertiary/aromatic N) is 4. The summed E-state index contributed by atoms with van der Waals surface area (Å²) in [5, 5.41) is 8.60. The number of carbonyl (C=O) groups is 1. The van der Waals surface area contributed by atoms with Crippen LogP contribution in [0.3, 0.4) is 0 Å². The van der Waals surface area contributed by atoms with Gasteiger partial charge in [0.25, 0.3) is 5.91 Å². The van der Waals surface area contributed by atoms with E-state index in [2.05, 4.69) is 43.1 Å². The number of nitrogens with one attached hydrogen (secondary N) is 1. The highest BCUT2D eigenvalue weighted by atomic mass is 32.2. The molecule has 0 spiro atoms. The monoisotopic (exact) mass is 539 g/mol. The van der Waals surface area contributed by atoms with E-state index in [1.54, 1.807) is 4.68 Å². The summed E-state index contributed by atoms with van der Waals surface area (Å²) in [5.41, 5.74) is 4.61. The fraction of sp³-hybridized carbons (Fsp3) is 0.552. The maximum absolute atomic E-state index is 13.7. The summed E-state index contributed by atoms with van der Waals surface area (Å²) in [5.74, 6) is 0.0425. The molecule has 0 saturated carbocycles. The van der Waals surface area contributed by atoms with Crippen molar-refractivity contribution in [2.75, 3.05) is 31.1 Å². The van der Waals surface area contributed by atoms with Gasteiger partial charge < -0.3 is 10.2 Å². The molecule has 1 aliphatic heterocycles. The second-order valence-electron chi connectivity index (χ2n) is 10.4. The molecule has 9 heteroatoms. The minimum Gasteiger partial charge on any atom is -0.350 e. The van der Waals surface area contributed by atoms with Crippen LogP contribution in [-0.2, 0) is 16.3 Å². The van der Waals surface area contributed by atoms with E-state index in [4.69, 9.17) is 10.1 Å². The highest BCUT2D eigenvalue weighted by Gasteiger charge is 2.32. The molecule has 1 aliphatic rings. The number of sulfone groups is 1. The van der Waals surface area contributed by atoms with Crippen molar-refractivity contribution in [3.63, 3.8) is 0 Å². The standard InChI is InChI=1S/C29H41N5O3S/c1-6-22-11-13-23(14-12-22)26-18-25(29(35)30-20(4)10-9-16-33(7-2)8-3)27-21(5)32-34(28(27)31-26)24-15-17-38(36,37)19-24/h11-14,18,20,24H,6-10,15-17,19H2,1-5H3,(H,30,35). The molecule has 3 heterocycles. The number of amides is 1. The maximum atomic E-state index is 13.7. The van der Waals surface area contributed by atoms with Crippen LogP contribution in [0, 0.1) is 6.92 Å². The summed E-state index contributed by atoms with van der Waals surface area (Å²) >= 11 is 0. The van der Waals surface area contributed by atoms with Gasteiger partial charge in [-0.3, -0.25) is 4.79 Å². The second kappa shape index (κ2) is 11.9. The first-order valence-corrected chi connectivity index (χ1v) is 15.7. The molecule has 2 aromatic heterocycles. The highest BCUT2D eigenvalue weighted by molar-refractivity contribution is 7.91. The first-order chi connectivity index (χ1) is 18.2. The topological polar surface area (TPSA) is 97.2 Å². The van der Waals surface area contributed by atoms with Crippen molar-refractivity contribution in [2.45, 2.75) is 72.4 Å². The third-order valence-corrected chi connectivity index (χ3v) is 9.43. The van der Waals surface area contributed by atoms with Crippen LogP contribution in [0.5, 0.6) is 0 Å². The lowest BCUT2D eigenvalue weighted by molar-refractivity contribution is 0.0939. The third-order valence-electron chi connectivity index (χ3n) is 7.68. The molecule has 3 aromatic rings. The van der Waals surface area contributed by atoms with Gasteiger partial charge in [0.1, 0.15) is 0 Å². The Morgan fingerprint density at radius 1 is 1.18 bits per heavy atom. The molecule has 8 nitrogen and oxygen atoms in total. The average Bonchev–Trinajstić information content (AvgIpc) is 3.44. The molecule has 1 N–H and O–H groups in total. The predicted octanol–water partition coefficient (Wildman–Crippen LogP) is 4.57. The maximum Gasteiger partial charge on any atom is 0.252 e. The summed E-state index contributed by atoms with van der Waals surface area (Å²) < 4.78 is 26.2. The summed E-state index contributed by atoms with van der Waals surface area (Å²) in [6.07, 6.45) is 3.34. The highest BCUT2D eigenvalue weighted by Crippen LogP contribution is 2.32. The fourth-order valence-electron chi connectivity index (χ4n) is 5.31. The van der Waals surface area contributed by atoms with E-state index >= 15 is 0 Å². The Morgan fingerprint density at radius 3 is 2.50 bits per heavy atom. The van der Waals surface area contributed by atoms with Crippen molar-refractivity contribution in [3.05, 3.63) is 47.2 Å². The van der Waals surface area contributed by atoms with Gasteiger partial charge in [0.05, 0.1) is 39.9 Å². The number of fused-ring (bicyclic) bond motifs is 1. The second-order valence-corrected chi connectivity index (χ2v) is 12.7. The molecule has 1 aromatic carbocycles. The van der Waals surface area contributed by atoms with Gasteiger partial charge in [0.15, 0.2) is 15.5 Å². The molecule has 2 atom stereocenters. The van der Waals surface area contributed by atoms with Crippen molar-refractivity contribution < 1.29 is 13.2 Å². The largest absolute Gasteiger partial charge is 0.350 e. The van der Waals surface area contributed by atoms with Crippen molar-refractivity contribution >= 4 is 26.8 Å². The zero-order valence-corrected chi connectivity index (χ0v) is 24.1. The van der Waals surface area contributed by atoms with Crippen molar-refractivity contribution in [2.24, 2.45) is 0 Å². The van der Waals surface area contributed by atoms with E-state index in [0.29, 0.717) is 34.4 Å². The molecule has 2 unspecified atom stereocenters. The van der Waals surface area contributed by atoms with Crippen LogP contribution in [0.2, 0.25) is 0 Å². The molecule has 1 amide bonds. The Bertz CT molecular complexity index is 1380. The predicted molar refractivity (Wildman–Crippen MR) is 153 cm³/mol. The minimum absolute atomic E-state index is 0.0175. The van der Waals surface area contributed by atoms with Gasteiger partial charge in [-0.05, 0) is 70.8 Å². The van der Waals surface area contributed by atoms with Crippen LogP contribution in [0.25, 0.3) is 22.3 Å². The molecule has 4 rings (SSSR count). The van der Waals surface area contributed by atoms with Crippen LogP contribution >= 0.6 is 0 Å². The Kier molecular flexibility index (Phi) is 8.88. The molecule has 1 fully saturated rings. The molecule has 0 aliphatic carbocycles. The summed E-state index contributed by atoms with van der Waals surface area (Å²) in [4.78, 5) is 21.0. The van der Waals surface area contributed by atoms with Crippen molar-refractivity contribution in [1.29, 1.82) is 0 Å². The van der Waals surface area contributed by atoms with E-state index < -0.39 is 9.84 Å². The van der Waals surface area contributed by atoms with Crippen LogP contribution in [0.15, 0.2) is 30.3 Å². The molecule has 0 bridgehead atoms. The molecule has 1 saturated heterocycles. The number of aryl methyl sites for hydroxylation is 2. The number of pyridine rings is 1. The number of hydrogen-bond donors (Lipinski definition) is 1. The third kappa shape index (κ3) is 6.26. The number of hydrogen-bond acceptors (Lipinski definition) is 6. The van der Waals surface area contributed by atoms with Gasteiger partial charge in [0.2, 0.25) is 0 Å². The van der Waals surface area contributed by atoms with Gasteiger partial charge >= 0.3 is 0 Å². The van der Waals surface area contributed by atoms with Gasteiger partial charge in [0, 0.05) is 11.6 Å². The van der Waals surface area contributed by atoms with E-state index in [1.165, 1.54) is 5.56 Å². The summed E-state index contributed by atoms with van der Waals surface area (Å²) in [7, 11) is -3.11. The van der Waals surface area contributed by atoms with E-state index in [9.17, 15) is 13.2 Å². The zero-order chi connectivity index (χ0) is 27.4. The molecular weight excluding hydrogens is 498 g/mol. The number of carbonyl (C=O) groups excluding carboxylic acids is 1. The van der Waals surface area contributed by atoms with Gasteiger partial charge in [-0.25, -0.2) is 18.1 Å². The number of aromatic nitrogens is 3. The summed E-state index contributed by atoms with van der Waals surface area (Å²) in [6, 6.07) is 9.79. The number of benzene rings is 1. The Balaban J connectivity index is 1.70. The zero-order valence-electron chi connectivity index (χ0n) is 23.3. The molecule has 206 valence electrons. The van der Waals surface area contributed by atoms with Gasteiger partial charge in [-0.1, -0.05) is 45.0 Å². The van der Waals surface area contributed by atoms with E-state index in [1.807, 2.05) is 32.0 Å². The molecule has 38 heavy (non-hydrogen) atoms. The van der Waals surface area contributed by atoms with E-state index in [0.717, 1.165) is 44.5 Å². The van der Waals surface area contributed by atoms with Crippen LogP contribution in [0.4, 0.5) is 0 Å². The quantitative estimate of drug-likeness (QED) is 0.383. The number of rotatable bonds is 11.